The van der Waals surface area contributed by atoms with E-state index in [1.807, 2.05) is 19.9 Å². The SMILES string of the molecule is Cc1ccc(NC(=O)C(C)C)cc1C1CCN(CCc2ccc(S(=O)(=O)c3ccc(F)c(F)c3)cc2)CC1. The lowest BCUT2D eigenvalue weighted by molar-refractivity contribution is -0.118. The number of nitrogens with zero attached hydrogens (tertiary/aromatic N) is 1. The highest BCUT2D eigenvalue weighted by atomic mass is 32.2. The highest BCUT2D eigenvalue weighted by Crippen LogP contribution is 2.32. The van der Waals surface area contributed by atoms with Crippen LogP contribution in [0.15, 0.2) is 70.5 Å². The van der Waals surface area contributed by atoms with Crippen molar-refractivity contribution >= 4 is 21.4 Å². The number of rotatable bonds is 8. The Bertz CT molecular complexity index is 1400. The molecule has 1 amide bonds. The van der Waals surface area contributed by atoms with E-state index >= 15 is 0 Å². The van der Waals surface area contributed by atoms with Crippen LogP contribution < -0.4 is 5.32 Å². The van der Waals surface area contributed by atoms with Gasteiger partial charge in [0.1, 0.15) is 0 Å². The molecule has 5 nitrogen and oxygen atoms in total. The lowest BCUT2D eigenvalue weighted by Crippen LogP contribution is -2.34. The number of nitrogens with one attached hydrogen (secondary N) is 1. The van der Waals surface area contributed by atoms with Crippen LogP contribution in [0.2, 0.25) is 0 Å². The molecule has 8 heteroatoms. The Labute approximate surface area is 223 Å². The first-order valence-electron chi connectivity index (χ1n) is 13.0. The van der Waals surface area contributed by atoms with Crippen molar-refractivity contribution in [2.24, 2.45) is 5.92 Å². The fraction of sp³-hybridized carbons (Fsp3) is 0.367. The largest absolute Gasteiger partial charge is 0.326 e. The molecule has 38 heavy (non-hydrogen) atoms. The van der Waals surface area contributed by atoms with Gasteiger partial charge in [0.05, 0.1) is 9.79 Å². The maximum absolute atomic E-state index is 13.5. The zero-order valence-electron chi connectivity index (χ0n) is 22.0. The van der Waals surface area contributed by atoms with Crippen LogP contribution in [0.5, 0.6) is 0 Å². The summed E-state index contributed by atoms with van der Waals surface area (Å²) in [4.78, 5) is 14.3. The summed E-state index contributed by atoms with van der Waals surface area (Å²) in [5, 5.41) is 3.00. The molecule has 4 rings (SSSR count). The molecule has 1 aliphatic heterocycles. The summed E-state index contributed by atoms with van der Waals surface area (Å²) in [5.74, 6) is -1.87. The van der Waals surface area contributed by atoms with E-state index in [1.165, 1.54) is 23.3 Å². The standard InChI is InChI=1S/C30H34F2N2O3S/c1-20(2)30(35)33-24-7-4-21(3)27(18-24)23-13-16-34(17-14-23)15-12-22-5-8-25(9-6-22)38(36,37)26-10-11-28(31)29(32)19-26/h4-11,18-20,23H,12-17H2,1-3H3,(H,33,35). The van der Waals surface area contributed by atoms with Gasteiger partial charge in [-0.05, 0) is 104 Å². The number of halogens is 2. The lowest BCUT2D eigenvalue weighted by atomic mass is 9.86. The monoisotopic (exact) mass is 540 g/mol. The summed E-state index contributed by atoms with van der Waals surface area (Å²) < 4.78 is 52.3. The second kappa shape index (κ2) is 11.7. The molecule has 0 aliphatic carbocycles. The van der Waals surface area contributed by atoms with E-state index in [0.29, 0.717) is 12.0 Å². The van der Waals surface area contributed by atoms with Crippen LogP contribution in [0.1, 0.15) is 49.3 Å². The Hall–Kier alpha value is -3.10. The minimum atomic E-state index is -3.92. The van der Waals surface area contributed by atoms with E-state index in [-0.39, 0.29) is 21.6 Å². The maximum atomic E-state index is 13.5. The predicted molar refractivity (Wildman–Crippen MR) is 145 cm³/mol. The summed E-state index contributed by atoms with van der Waals surface area (Å²) in [6.07, 6.45) is 2.85. The number of hydrogen-bond acceptors (Lipinski definition) is 4. The Kier molecular flexibility index (Phi) is 8.63. The molecule has 1 N–H and O–H groups in total. The first-order valence-corrected chi connectivity index (χ1v) is 14.5. The van der Waals surface area contributed by atoms with Crippen molar-refractivity contribution in [3.63, 3.8) is 0 Å². The molecule has 0 unspecified atom stereocenters. The van der Waals surface area contributed by atoms with Gasteiger partial charge in [-0.3, -0.25) is 4.79 Å². The van der Waals surface area contributed by atoms with Crippen molar-refractivity contribution in [1.82, 2.24) is 4.90 Å². The van der Waals surface area contributed by atoms with Gasteiger partial charge in [-0.25, -0.2) is 17.2 Å². The average molecular weight is 541 g/mol. The number of carbonyl (C=O) groups is 1. The van der Waals surface area contributed by atoms with Gasteiger partial charge in [0, 0.05) is 18.2 Å². The molecule has 1 saturated heterocycles. The molecule has 0 radical (unpaired) electrons. The fourth-order valence-electron chi connectivity index (χ4n) is 4.81. The van der Waals surface area contributed by atoms with E-state index in [2.05, 4.69) is 29.3 Å². The summed E-state index contributed by atoms with van der Waals surface area (Å²) >= 11 is 0. The Morgan fingerprint density at radius 1 is 0.947 bits per heavy atom. The molecule has 0 bridgehead atoms. The molecule has 1 fully saturated rings. The maximum Gasteiger partial charge on any atom is 0.226 e. The van der Waals surface area contributed by atoms with E-state index < -0.39 is 21.5 Å². The smallest absolute Gasteiger partial charge is 0.226 e. The average Bonchev–Trinajstić information content (AvgIpc) is 2.90. The molecule has 3 aromatic rings. The molecule has 1 aliphatic rings. The lowest BCUT2D eigenvalue weighted by Gasteiger charge is -2.33. The number of likely N-dealkylation sites (tertiary alicyclic amines) is 1. The molecule has 202 valence electrons. The second-order valence-corrected chi connectivity index (χ2v) is 12.3. The van der Waals surface area contributed by atoms with Gasteiger partial charge < -0.3 is 10.2 Å². The van der Waals surface area contributed by atoms with Crippen LogP contribution in [0.25, 0.3) is 0 Å². The molecule has 1 heterocycles. The third-order valence-electron chi connectivity index (χ3n) is 7.25. The highest BCUT2D eigenvalue weighted by molar-refractivity contribution is 7.91. The van der Waals surface area contributed by atoms with E-state index in [9.17, 15) is 22.0 Å². The van der Waals surface area contributed by atoms with Gasteiger partial charge in [-0.2, -0.15) is 0 Å². The third-order valence-corrected chi connectivity index (χ3v) is 9.02. The molecular weight excluding hydrogens is 506 g/mol. The minimum Gasteiger partial charge on any atom is -0.326 e. The molecule has 0 aromatic heterocycles. The summed E-state index contributed by atoms with van der Waals surface area (Å²) in [5.41, 5.74) is 4.40. The first-order chi connectivity index (χ1) is 18.0. The van der Waals surface area contributed by atoms with Crippen molar-refractivity contribution in [3.8, 4) is 0 Å². The van der Waals surface area contributed by atoms with Crippen molar-refractivity contribution in [1.29, 1.82) is 0 Å². The van der Waals surface area contributed by atoms with E-state index in [1.54, 1.807) is 12.1 Å². The molecular formula is C30H34F2N2O3S. The number of aryl methyl sites for hydroxylation is 1. The zero-order chi connectivity index (χ0) is 27.4. The topological polar surface area (TPSA) is 66.5 Å². The second-order valence-electron chi connectivity index (χ2n) is 10.3. The molecule has 3 aromatic carbocycles. The number of hydrogen-bond donors (Lipinski definition) is 1. The number of benzene rings is 3. The van der Waals surface area contributed by atoms with Crippen molar-refractivity contribution in [2.75, 3.05) is 25.0 Å². The quantitative estimate of drug-likeness (QED) is 0.350. The Morgan fingerprint density at radius 2 is 1.61 bits per heavy atom. The minimum absolute atomic E-state index is 0.0182. The van der Waals surface area contributed by atoms with Crippen LogP contribution in [0.4, 0.5) is 14.5 Å². The molecule has 0 atom stereocenters. The van der Waals surface area contributed by atoms with Crippen LogP contribution in [-0.2, 0) is 21.1 Å². The predicted octanol–water partition coefficient (Wildman–Crippen LogP) is 6.12. The van der Waals surface area contributed by atoms with Gasteiger partial charge >= 0.3 is 0 Å². The van der Waals surface area contributed by atoms with Crippen LogP contribution >= 0.6 is 0 Å². The third kappa shape index (κ3) is 6.48. The molecule has 0 saturated carbocycles. The summed E-state index contributed by atoms with van der Waals surface area (Å²) in [6.45, 7) is 8.68. The number of piperidine rings is 1. The van der Waals surface area contributed by atoms with Crippen LogP contribution in [0.3, 0.4) is 0 Å². The fourth-order valence-corrected chi connectivity index (χ4v) is 6.09. The molecule has 0 spiro atoms. The Balaban J connectivity index is 1.32. The zero-order valence-corrected chi connectivity index (χ0v) is 22.8. The number of amides is 1. The van der Waals surface area contributed by atoms with Gasteiger partial charge in [0.15, 0.2) is 11.6 Å². The normalized spacial score (nSPS) is 15.1. The van der Waals surface area contributed by atoms with Crippen molar-refractivity contribution in [2.45, 2.75) is 55.7 Å². The van der Waals surface area contributed by atoms with Crippen LogP contribution in [0, 0.1) is 24.5 Å². The van der Waals surface area contributed by atoms with Gasteiger partial charge in [0.2, 0.25) is 15.7 Å². The Morgan fingerprint density at radius 3 is 2.24 bits per heavy atom. The van der Waals surface area contributed by atoms with Crippen molar-refractivity contribution < 1.29 is 22.0 Å². The van der Waals surface area contributed by atoms with Crippen LogP contribution in [-0.4, -0.2) is 38.9 Å². The van der Waals surface area contributed by atoms with E-state index in [4.69, 9.17) is 0 Å². The van der Waals surface area contributed by atoms with Gasteiger partial charge in [0.25, 0.3) is 0 Å². The highest BCUT2D eigenvalue weighted by Gasteiger charge is 2.23. The van der Waals surface area contributed by atoms with Gasteiger partial charge in [-0.15, -0.1) is 0 Å². The summed E-state index contributed by atoms with van der Waals surface area (Å²) in [6, 6.07) is 15.4. The van der Waals surface area contributed by atoms with Crippen molar-refractivity contribution in [3.05, 3.63) is 89.0 Å². The number of anilines is 1. The van der Waals surface area contributed by atoms with Gasteiger partial charge in [-0.1, -0.05) is 32.0 Å². The summed E-state index contributed by atoms with van der Waals surface area (Å²) in [7, 11) is -3.92. The number of sulfone groups is 1. The number of carbonyl (C=O) groups excluding carboxylic acids is 1. The first kappa shape index (κ1) is 27.9. The van der Waals surface area contributed by atoms with E-state index in [0.717, 1.165) is 62.3 Å².